The van der Waals surface area contributed by atoms with E-state index in [1.165, 1.54) is 6.07 Å². The predicted molar refractivity (Wildman–Crippen MR) is 78.2 cm³/mol. The van der Waals surface area contributed by atoms with Gasteiger partial charge in [-0.2, -0.15) is 0 Å². The molecule has 1 aliphatic rings. The zero-order valence-corrected chi connectivity index (χ0v) is 12.1. The molecular weight excluding hydrogens is 258 g/mol. The van der Waals surface area contributed by atoms with E-state index in [-0.39, 0.29) is 5.46 Å². The first kappa shape index (κ1) is 15.4. The van der Waals surface area contributed by atoms with Crippen LogP contribution in [-0.4, -0.2) is 60.2 Å². The Morgan fingerprint density at radius 1 is 1.35 bits per heavy atom. The Kier molecular flexibility index (Phi) is 5.15. The number of likely N-dealkylation sites (tertiary alicyclic amines) is 1. The number of rotatable bonds is 5. The molecule has 0 aromatic heterocycles. The summed E-state index contributed by atoms with van der Waals surface area (Å²) in [5.74, 6) is -0.422. The highest BCUT2D eigenvalue weighted by atomic mass is 19.1. The molecule has 0 amide bonds. The van der Waals surface area contributed by atoms with Crippen molar-refractivity contribution in [2.24, 2.45) is 0 Å². The fourth-order valence-corrected chi connectivity index (χ4v) is 2.88. The second-order valence-corrected chi connectivity index (χ2v) is 5.80. The van der Waals surface area contributed by atoms with E-state index in [1.807, 2.05) is 0 Å². The molecule has 0 radical (unpaired) electrons. The Bertz CT molecular complexity index is 457. The lowest BCUT2D eigenvalue weighted by Crippen LogP contribution is -2.37. The highest BCUT2D eigenvalue weighted by Gasteiger charge is 2.25. The van der Waals surface area contributed by atoms with E-state index in [9.17, 15) is 14.4 Å². The Hall–Kier alpha value is -0.945. The van der Waals surface area contributed by atoms with Gasteiger partial charge in [-0.15, -0.1) is 0 Å². The summed E-state index contributed by atoms with van der Waals surface area (Å²) < 4.78 is 13.5. The molecule has 1 atom stereocenters. The van der Waals surface area contributed by atoms with Gasteiger partial charge in [0.25, 0.3) is 0 Å². The van der Waals surface area contributed by atoms with Gasteiger partial charge in [0.05, 0.1) is 0 Å². The minimum atomic E-state index is -1.62. The van der Waals surface area contributed by atoms with E-state index in [1.54, 1.807) is 6.07 Å². The van der Waals surface area contributed by atoms with E-state index >= 15 is 0 Å². The van der Waals surface area contributed by atoms with Gasteiger partial charge in [-0.3, -0.25) is 4.90 Å². The van der Waals surface area contributed by atoms with Crippen molar-refractivity contribution in [1.29, 1.82) is 0 Å². The minimum Gasteiger partial charge on any atom is -0.423 e. The van der Waals surface area contributed by atoms with E-state index in [0.717, 1.165) is 37.6 Å². The first-order valence-corrected chi connectivity index (χ1v) is 7.00. The van der Waals surface area contributed by atoms with Gasteiger partial charge in [0.15, 0.2) is 0 Å². The normalized spacial score (nSPS) is 19.8. The smallest absolute Gasteiger partial charge is 0.423 e. The molecular formula is C14H22BFN2O2. The SMILES string of the molecule is CN(C)CC1CCCN1Cc1cc(F)cc(B(O)O)c1. The Balaban J connectivity index is 2.09. The molecule has 1 aromatic rings. The van der Waals surface area contributed by atoms with Gasteiger partial charge in [0, 0.05) is 19.1 Å². The average Bonchev–Trinajstić information content (AvgIpc) is 2.75. The lowest BCUT2D eigenvalue weighted by atomic mass is 9.79. The molecule has 1 heterocycles. The molecule has 1 fully saturated rings. The molecule has 110 valence electrons. The zero-order chi connectivity index (χ0) is 14.7. The number of likely N-dealkylation sites (N-methyl/N-ethyl adjacent to an activating group) is 1. The molecule has 2 rings (SSSR count). The highest BCUT2D eigenvalue weighted by molar-refractivity contribution is 6.58. The van der Waals surface area contributed by atoms with Crippen LogP contribution in [0.5, 0.6) is 0 Å². The molecule has 0 saturated carbocycles. The number of hydrogen-bond donors (Lipinski definition) is 2. The summed E-state index contributed by atoms with van der Waals surface area (Å²) in [5, 5.41) is 18.3. The first-order valence-electron chi connectivity index (χ1n) is 7.00. The quantitative estimate of drug-likeness (QED) is 0.747. The maximum atomic E-state index is 13.5. The molecule has 6 heteroatoms. The van der Waals surface area contributed by atoms with E-state index < -0.39 is 12.9 Å². The number of halogens is 1. The van der Waals surface area contributed by atoms with Crippen molar-refractivity contribution in [2.75, 3.05) is 27.2 Å². The van der Waals surface area contributed by atoms with Crippen LogP contribution < -0.4 is 5.46 Å². The molecule has 2 N–H and O–H groups in total. The minimum absolute atomic E-state index is 0.211. The van der Waals surface area contributed by atoms with Crippen molar-refractivity contribution < 1.29 is 14.4 Å². The van der Waals surface area contributed by atoms with E-state index in [4.69, 9.17) is 0 Å². The van der Waals surface area contributed by atoms with Gasteiger partial charge >= 0.3 is 7.12 Å². The summed E-state index contributed by atoms with van der Waals surface area (Å²) in [6.07, 6.45) is 2.31. The molecule has 0 spiro atoms. The molecule has 1 aromatic carbocycles. The summed E-state index contributed by atoms with van der Waals surface area (Å²) in [6.45, 7) is 2.65. The van der Waals surface area contributed by atoms with Gasteiger partial charge in [0.2, 0.25) is 0 Å². The van der Waals surface area contributed by atoms with Crippen LogP contribution in [0.1, 0.15) is 18.4 Å². The molecule has 0 aliphatic carbocycles. The van der Waals surface area contributed by atoms with Crippen LogP contribution in [0.3, 0.4) is 0 Å². The standard InChI is InChI=1S/C14H22BFN2O2/c1-17(2)10-14-4-3-5-18(14)9-11-6-12(15(19)20)8-13(16)7-11/h6-8,14,19-20H,3-5,9-10H2,1-2H3. The van der Waals surface area contributed by atoms with E-state index in [0.29, 0.717) is 12.6 Å². The number of nitrogens with zero attached hydrogens (tertiary/aromatic N) is 2. The van der Waals surface area contributed by atoms with Gasteiger partial charge < -0.3 is 14.9 Å². The highest BCUT2D eigenvalue weighted by Crippen LogP contribution is 2.20. The van der Waals surface area contributed by atoms with Crippen LogP contribution in [0, 0.1) is 5.82 Å². The largest absolute Gasteiger partial charge is 0.488 e. The third kappa shape index (κ3) is 4.02. The van der Waals surface area contributed by atoms with Crippen molar-refractivity contribution >= 4 is 12.6 Å². The van der Waals surface area contributed by atoms with Crippen LogP contribution in [0.2, 0.25) is 0 Å². The van der Waals surface area contributed by atoms with Gasteiger partial charge in [-0.05, 0) is 56.6 Å². The lowest BCUT2D eigenvalue weighted by Gasteiger charge is -2.27. The molecule has 1 aliphatic heterocycles. The van der Waals surface area contributed by atoms with Crippen molar-refractivity contribution in [3.63, 3.8) is 0 Å². The Morgan fingerprint density at radius 2 is 2.10 bits per heavy atom. The number of hydrogen-bond acceptors (Lipinski definition) is 4. The number of benzene rings is 1. The summed E-state index contributed by atoms with van der Waals surface area (Å²) in [7, 11) is 2.48. The Labute approximate surface area is 120 Å². The summed E-state index contributed by atoms with van der Waals surface area (Å²) in [4.78, 5) is 4.50. The zero-order valence-electron chi connectivity index (χ0n) is 12.1. The summed E-state index contributed by atoms with van der Waals surface area (Å²) in [5.41, 5.74) is 1.00. The summed E-state index contributed by atoms with van der Waals surface area (Å²) in [6, 6.07) is 4.78. The molecule has 1 saturated heterocycles. The predicted octanol–water partition coefficient (Wildman–Crippen LogP) is 0.0315. The fraction of sp³-hybridized carbons (Fsp3) is 0.571. The summed E-state index contributed by atoms with van der Waals surface area (Å²) >= 11 is 0. The monoisotopic (exact) mass is 280 g/mol. The second kappa shape index (κ2) is 6.67. The van der Waals surface area contributed by atoms with E-state index in [2.05, 4.69) is 23.9 Å². The molecule has 1 unspecified atom stereocenters. The molecule has 4 nitrogen and oxygen atoms in total. The van der Waals surface area contributed by atoms with Crippen molar-refractivity contribution in [1.82, 2.24) is 9.80 Å². The van der Waals surface area contributed by atoms with Crippen LogP contribution in [0.25, 0.3) is 0 Å². The van der Waals surface area contributed by atoms with Crippen molar-refractivity contribution in [3.8, 4) is 0 Å². The average molecular weight is 280 g/mol. The van der Waals surface area contributed by atoms with Crippen molar-refractivity contribution in [3.05, 3.63) is 29.6 Å². The fourth-order valence-electron chi connectivity index (χ4n) is 2.88. The van der Waals surface area contributed by atoms with Crippen LogP contribution in [0.15, 0.2) is 18.2 Å². The molecule has 20 heavy (non-hydrogen) atoms. The topological polar surface area (TPSA) is 46.9 Å². The van der Waals surface area contributed by atoms with Gasteiger partial charge in [0.1, 0.15) is 5.82 Å². The molecule has 0 bridgehead atoms. The van der Waals surface area contributed by atoms with Crippen LogP contribution in [0.4, 0.5) is 4.39 Å². The maximum Gasteiger partial charge on any atom is 0.488 e. The third-order valence-electron chi connectivity index (χ3n) is 3.74. The van der Waals surface area contributed by atoms with Crippen LogP contribution >= 0.6 is 0 Å². The maximum absolute atomic E-state index is 13.5. The van der Waals surface area contributed by atoms with Crippen molar-refractivity contribution in [2.45, 2.75) is 25.4 Å². The third-order valence-corrected chi connectivity index (χ3v) is 3.74. The van der Waals surface area contributed by atoms with Gasteiger partial charge in [-0.1, -0.05) is 6.07 Å². The second-order valence-electron chi connectivity index (χ2n) is 5.80. The lowest BCUT2D eigenvalue weighted by molar-refractivity contribution is 0.201. The Morgan fingerprint density at radius 3 is 2.75 bits per heavy atom. The van der Waals surface area contributed by atoms with Gasteiger partial charge in [-0.25, -0.2) is 4.39 Å². The van der Waals surface area contributed by atoms with Crippen LogP contribution in [-0.2, 0) is 6.54 Å². The first-order chi connectivity index (χ1) is 9.45.